The van der Waals surface area contributed by atoms with Crippen LogP contribution in [0.1, 0.15) is 45.6 Å². The monoisotopic (exact) mass is 486 g/mol. The number of benzene rings is 1. The van der Waals surface area contributed by atoms with Crippen LogP contribution in [0.4, 0.5) is 13.2 Å². The lowest BCUT2D eigenvalue weighted by molar-refractivity contribution is -0.147. The van der Waals surface area contributed by atoms with Gasteiger partial charge in [-0.15, -0.1) is 0 Å². The van der Waals surface area contributed by atoms with E-state index in [4.69, 9.17) is 0 Å². The molecule has 1 aromatic carbocycles. The summed E-state index contributed by atoms with van der Waals surface area (Å²) >= 11 is 0. The van der Waals surface area contributed by atoms with Gasteiger partial charge in [-0.3, -0.25) is 9.69 Å². The second kappa shape index (κ2) is 10.1. The lowest BCUT2D eigenvalue weighted by Gasteiger charge is -2.47. The Hall–Kier alpha value is -2.74. The van der Waals surface area contributed by atoms with Gasteiger partial charge in [0.15, 0.2) is 0 Å². The number of nitrogens with zero attached hydrogens (tertiary/aromatic N) is 4. The zero-order chi connectivity index (χ0) is 25.3. The molecule has 3 heterocycles. The summed E-state index contributed by atoms with van der Waals surface area (Å²) in [6.45, 7) is 12.2. The van der Waals surface area contributed by atoms with E-state index in [1.54, 1.807) is 6.08 Å². The number of carbonyl (C=O) groups excluding carboxylic acids is 1. The molecule has 0 spiro atoms. The van der Waals surface area contributed by atoms with Crippen molar-refractivity contribution in [1.29, 1.82) is 0 Å². The van der Waals surface area contributed by atoms with Crippen molar-refractivity contribution in [3.8, 4) is 0 Å². The van der Waals surface area contributed by atoms with E-state index in [0.717, 1.165) is 12.1 Å². The average Bonchev–Trinajstić information content (AvgIpc) is 3.20. The summed E-state index contributed by atoms with van der Waals surface area (Å²) in [5.41, 5.74) is 0.388. The van der Waals surface area contributed by atoms with Crippen LogP contribution in [0.5, 0.6) is 0 Å². The smallest absolute Gasteiger partial charge is 0.232 e. The average molecular weight is 487 g/mol. The van der Waals surface area contributed by atoms with Gasteiger partial charge in [0.05, 0.1) is 16.7 Å². The minimum Gasteiger partial charge on any atom is -0.339 e. The third kappa shape index (κ3) is 5.13. The largest absolute Gasteiger partial charge is 0.339 e. The van der Waals surface area contributed by atoms with Gasteiger partial charge in [-0.05, 0) is 62.8 Å². The zero-order valence-electron chi connectivity index (χ0n) is 20.6. The van der Waals surface area contributed by atoms with Crippen molar-refractivity contribution in [2.45, 2.75) is 52.2 Å². The number of hydrogen-bond donors (Lipinski definition) is 0. The molecule has 4 rings (SSSR count). The van der Waals surface area contributed by atoms with E-state index in [9.17, 15) is 18.0 Å². The Morgan fingerprint density at radius 1 is 1.17 bits per heavy atom. The fourth-order valence-electron chi connectivity index (χ4n) is 4.97. The van der Waals surface area contributed by atoms with E-state index in [2.05, 4.69) is 21.7 Å². The van der Waals surface area contributed by atoms with Crippen LogP contribution in [0.2, 0.25) is 0 Å². The first-order valence-electron chi connectivity index (χ1n) is 12.2. The molecule has 35 heavy (non-hydrogen) atoms. The molecule has 5 nitrogen and oxygen atoms in total. The number of azo groups is 1. The van der Waals surface area contributed by atoms with Crippen molar-refractivity contribution in [3.63, 3.8) is 0 Å². The van der Waals surface area contributed by atoms with Gasteiger partial charge < -0.3 is 4.90 Å². The molecule has 3 aliphatic heterocycles. The molecule has 0 bridgehead atoms. The number of hydrogen-bond acceptors (Lipinski definition) is 4. The highest BCUT2D eigenvalue weighted by atomic mass is 19.1. The Morgan fingerprint density at radius 2 is 1.86 bits per heavy atom. The highest BCUT2D eigenvalue weighted by Gasteiger charge is 2.45. The summed E-state index contributed by atoms with van der Waals surface area (Å²) in [6, 6.07) is 3.87. The molecule has 0 radical (unpaired) electrons. The minimum atomic E-state index is -0.806. The van der Waals surface area contributed by atoms with E-state index in [-0.39, 0.29) is 29.1 Å². The standard InChI is InChI=1S/C27H33F3N4O/c1-17-8-10-27(4,26(35)34-15-21(16-34)33-11-9-20(28)14-33)19(3)13-31-32-24(12-18(17)2)25-22(29)6-5-7-23(25)30/h5-7,12-13,17,20-21H,2,8-11,14-16H2,1,3-4H3/b19-13+,24-12-,32-31-/t17-,20-,27+/m0/s1. The second-order valence-electron chi connectivity index (χ2n) is 10.2. The molecule has 0 unspecified atom stereocenters. The van der Waals surface area contributed by atoms with Gasteiger partial charge >= 0.3 is 0 Å². The first-order valence-corrected chi connectivity index (χ1v) is 12.2. The summed E-state index contributed by atoms with van der Waals surface area (Å²) in [4.78, 5) is 17.6. The first-order chi connectivity index (χ1) is 16.6. The molecule has 188 valence electrons. The molecule has 3 atom stereocenters. The van der Waals surface area contributed by atoms with Crippen molar-refractivity contribution in [2.75, 3.05) is 26.2 Å². The predicted molar refractivity (Wildman–Crippen MR) is 130 cm³/mol. The highest BCUT2D eigenvalue weighted by molar-refractivity contribution is 5.86. The minimum absolute atomic E-state index is 0.0130. The van der Waals surface area contributed by atoms with Crippen molar-refractivity contribution < 1.29 is 18.0 Å². The van der Waals surface area contributed by atoms with Gasteiger partial charge in [0.25, 0.3) is 0 Å². The van der Waals surface area contributed by atoms with Crippen LogP contribution in [0, 0.1) is 23.0 Å². The number of rotatable bonds is 3. The van der Waals surface area contributed by atoms with Crippen molar-refractivity contribution >= 4 is 11.6 Å². The predicted octanol–water partition coefficient (Wildman–Crippen LogP) is 5.91. The Morgan fingerprint density at radius 3 is 2.49 bits per heavy atom. The Labute approximate surface area is 205 Å². The van der Waals surface area contributed by atoms with E-state index in [1.165, 1.54) is 24.4 Å². The first kappa shape index (κ1) is 25.4. The number of amides is 1. The Bertz CT molecular complexity index is 1070. The fraction of sp³-hybridized carbons (Fsp3) is 0.519. The number of likely N-dealkylation sites (tertiary alicyclic amines) is 2. The molecule has 8 heteroatoms. The number of allylic oxidation sites excluding steroid dienone is 2. The van der Waals surface area contributed by atoms with Crippen LogP contribution >= 0.6 is 0 Å². The zero-order valence-corrected chi connectivity index (χ0v) is 20.6. The molecule has 0 N–H and O–H groups in total. The normalized spacial score (nSPS) is 32.7. The van der Waals surface area contributed by atoms with E-state index in [1.807, 2.05) is 25.7 Å². The van der Waals surface area contributed by atoms with Gasteiger partial charge in [0, 0.05) is 38.4 Å². The van der Waals surface area contributed by atoms with Crippen LogP contribution in [-0.2, 0) is 4.79 Å². The number of halogens is 3. The second-order valence-corrected chi connectivity index (χ2v) is 10.2. The summed E-state index contributed by atoms with van der Waals surface area (Å²) in [5.74, 6) is -1.48. The van der Waals surface area contributed by atoms with Gasteiger partial charge in [0.2, 0.25) is 5.91 Å². The van der Waals surface area contributed by atoms with E-state index < -0.39 is 23.2 Å². The molecule has 1 aromatic rings. The van der Waals surface area contributed by atoms with Crippen LogP contribution in [0.25, 0.3) is 5.70 Å². The van der Waals surface area contributed by atoms with Gasteiger partial charge in [-0.25, -0.2) is 13.2 Å². The lowest BCUT2D eigenvalue weighted by Crippen LogP contribution is -2.63. The summed E-state index contributed by atoms with van der Waals surface area (Å²) < 4.78 is 42.5. The lowest BCUT2D eigenvalue weighted by atomic mass is 9.75. The summed E-state index contributed by atoms with van der Waals surface area (Å²) in [6.07, 6.45) is 4.08. The maximum Gasteiger partial charge on any atom is 0.232 e. The topological polar surface area (TPSA) is 48.3 Å². The molecular weight excluding hydrogens is 453 g/mol. The molecule has 0 aromatic heterocycles. The maximum atomic E-state index is 14.5. The third-order valence-corrected chi connectivity index (χ3v) is 7.84. The van der Waals surface area contributed by atoms with Crippen LogP contribution < -0.4 is 0 Å². The molecule has 3 aliphatic rings. The van der Waals surface area contributed by atoms with Gasteiger partial charge in [-0.2, -0.15) is 10.2 Å². The van der Waals surface area contributed by atoms with Crippen LogP contribution in [0.15, 0.2) is 58.4 Å². The summed E-state index contributed by atoms with van der Waals surface area (Å²) in [7, 11) is 0. The van der Waals surface area contributed by atoms with Crippen molar-refractivity contribution in [3.05, 3.63) is 65.4 Å². The molecule has 1 amide bonds. The fourth-order valence-corrected chi connectivity index (χ4v) is 4.97. The van der Waals surface area contributed by atoms with Crippen molar-refractivity contribution in [2.24, 2.45) is 21.6 Å². The van der Waals surface area contributed by atoms with E-state index >= 15 is 0 Å². The SMILES string of the molecule is C=C1\C=C(c2c(F)cccc2F)/N=N\C=C(/C)[C@](C)(C(=O)N2CC(N3CC[C@H](F)C3)C2)CC[C@@H]1C. The highest BCUT2D eigenvalue weighted by Crippen LogP contribution is 2.39. The van der Waals surface area contributed by atoms with E-state index in [0.29, 0.717) is 44.5 Å². The molecule has 0 aliphatic carbocycles. The number of carbonyl (C=O) groups is 1. The van der Waals surface area contributed by atoms with Crippen LogP contribution in [-0.4, -0.2) is 54.1 Å². The number of alkyl halides is 1. The van der Waals surface area contributed by atoms with Crippen molar-refractivity contribution in [1.82, 2.24) is 9.80 Å². The maximum absolute atomic E-state index is 14.5. The molecular formula is C27H33F3N4O. The molecule has 2 fully saturated rings. The van der Waals surface area contributed by atoms with Crippen LogP contribution in [0.3, 0.4) is 0 Å². The Kier molecular flexibility index (Phi) is 7.31. The van der Waals surface area contributed by atoms with Gasteiger partial charge in [0.1, 0.15) is 17.8 Å². The molecule has 2 saturated heterocycles. The third-order valence-electron chi connectivity index (χ3n) is 7.84. The van der Waals surface area contributed by atoms with Gasteiger partial charge in [-0.1, -0.05) is 25.1 Å². The quantitative estimate of drug-likeness (QED) is 0.533. The Balaban J connectivity index is 1.58. The molecule has 0 saturated carbocycles. The summed E-state index contributed by atoms with van der Waals surface area (Å²) in [5, 5.41) is 8.25.